The van der Waals surface area contributed by atoms with Gasteiger partial charge < -0.3 is 20.3 Å². The molecular weight excluding hydrogens is 397 g/mol. The molecule has 2 amide bonds. The lowest BCUT2D eigenvalue weighted by atomic mass is 9.99. The van der Waals surface area contributed by atoms with Gasteiger partial charge in [0.1, 0.15) is 11.6 Å². The Bertz CT molecular complexity index is 937. The van der Waals surface area contributed by atoms with E-state index in [-0.39, 0.29) is 48.7 Å². The average Bonchev–Trinajstić information content (AvgIpc) is 2.71. The Morgan fingerprint density at radius 1 is 1.31 bits per heavy atom. The van der Waals surface area contributed by atoms with Crippen LogP contribution in [0, 0.1) is 5.82 Å². The Balaban J connectivity index is 0.00000240. The van der Waals surface area contributed by atoms with E-state index in [1.807, 2.05) is 18.2 Å². The van der Waals surface area contributed by atoms with Crippen LogP contribution in [-0.2, 0) is 22.6 Å². The molecule has 0 saturated heterocycles. The molecule has 0 bridgehead atoms. The average molecular weight is 420 g/mol. The van der Waals surface area contributed by atoms with Crippen LogP contribution in [0.1, 0.15) is 24.5 Å². The van der Waals surface area contributed by atoms with Gasteiger partial charge in [0.2, 0.25) is 5.91 Å². The fourth-order valence-electron chi connectivity index (χ4n) is 3.65. The van der Waals surface area contributed by atoms with Crippen LogP contribution in [-0.4, -0.2) is 31.0 Å². The van der Waals surface area contributed by atoms with E-state index in [0.717, 1.165) is 12.1 Å². The first-order valence-electron chi connectivity index (χ1n) is 9.42. The second-order valence-electron chi connectivity index (χ2n) is 7.01. The van der Waals surface area contributed by atoms with Crippen LogP contribution in [0.15, 0.2) is 36.4 Å². The number of ether oxygens (including phenoxy) is 1. The zero-order valence-electron chi connectivity index (χ0n) is 16.0. The Kier molecular flexibility index (Phi) is 6.39. The van der Waals surface area contributed by atoms with Crippen LogP contribution in [0.25, 0.3) is 0 Å². The van der Waals surface area contributed by atoms with Gasteiger partial charge in [-0.1, -0.05) is 18.2 Å². The number of rotatable bonds is 4. The normalized spacial score (nSPS) is 17.5. The molecular formula is C21H23ClFN3O3. The topological polar surface area (TPSA) is 70.7 Å². The number of carbonyl (C=O) groups is 2. The lowest BCUT2D eigenvalue weighted by Crippen LogP contribution is -2.45. The van der Waals surface area contributed by atoms with Crippen molar-refractivity contribution in [1.82, 2.24) is 5.32 Å². The Morgan fingerprint density at radius 2 is 2.10 bits per heavy atom. The van der Waals surface area contributed by atoms with Crippen molar-refractivity contribution in [2.24, 2.45) is 0 Å². The van der Waals surface area contributed by atoms with Gasteiger partial charge in [0.05, 0.1) is 11.4 Å². The highest BCUT2D eigenvalue weighted by Crippen LogP contribution is 2.33. The monoisotopic (exact) mass is 419 g/mol. The molecule has 4 rings (SSSR count). The molecule has 2 aromatic carbocycles. The number of nitrogens with one attached hydrogen (secondary N) is 2. The molecule has 0 radical (unpaired) electrons. The highest BCUT2D eigenvalue weighted by molar-refractivity contribution is 6.00. The van der Waals surface area contributed by atoms with E-state index in [1.165, 1.54) is 0 Å². The van der Waals surface area contributed by atoms with Gasteiger partial charge in [0, 0.05) is 19.5 Å². The first-order chi connectivity index (χ1) is 13.5. The minimum absolute atomic E-state index is 0. The fraction of sp³-hybridized carbons (Fsp3) is 0.333. The quantitative estimate of drug-likeness (QED) is 0.799. The number of amides is 2. The van der Waals surface area contributed by atoms with Crippen molar-refractivity contribution < 1.29 is 18.7 Å². The van der Waals surface area contributed by atoms with Crippen molar-refractivity contribution in [2.75, 3.05) is 23.3 Å². The van der Waals surface area contributed by atoms with Crippen molar-refractivity contribution in [3.63, 3.8) is 0 Å². The Labute approximate surface area is 174 Å². The number of hydrogen-bond donors (Lipinski definition) is 2. The van der Waals surface area contributed by atoms with Crippen LogP contribution in [0.2, 0.25) is 0 Å². The molecule has 1 unspecified atom stereocenters. The van der Waals surface area contributed by atoms with Crippen LogP contribution in [0.4, 0.5) is 15.8 Å². The third-order valence-electron chi connectivity index (χ3n) is 5.12. The molecule has 2 N–H and O–H groups in total. The second kappa shape index (κ2) is 8.80. The summed E-state index contributed by atoms with van der Waals surface area (Å²) in [4.78, 5) is 26.4. The third kappa shape index (κ3) is 4.21. The molecule has 0 saturated carbocycles. The van der Waals surface area contributed by atoms with Crippen molar-refractivity contribution in [3.05, 3.63) is 53.3 Å². The van der Waals surface area contributed by atoms with Crippen LogP contribution < -0.4 is 20.3 Å². The zero-order valence-corrected chi connectivity index (χ0v) is 16.9. The SMILES string of the molecule is CC1Oc2ccccc2N(CCC(=O)Nc2ccc3c(c2F)CCNC3)C1=O.Cl. The number of nitrogens with zero attached hydrogens (tertiary/aromatic N) is 1. The van der Waals surface area contributed by atoms with E-state index in [0.29, 0.717) is 30.0 Å². The lowest BCUT2D eigenvalue weighted by Gasteiger charge is -2.32. The zero-order chi connectivity index (χ0) is 19.7. The summed E-state index contributed by atoms with van der Waals surface area (Å²) in [5.74, 6) is -0.283. The molecule has 0 fully saturated rings. The number of hydrogen-bond acceptors (Lipinski definition) is 4. The molecule has 0 aliphatic carbocycles. The minimum Gasteiger partial charge on any atom is -0.479 e. The standard InChI is InChI=1S/C21H22FN3O3.ClH/c1-13-21(27)25(17-4-2-3-5-18(17)28-13)11-9-19(26)24-16-7-6-14-12-23-10-8-15(14)20(16)22;/h2-7,13,23H,8-12H2,1H3,(H,24,26);1H. The Morgan fingerprint density at radius 3 is 2.93 bits per heavy atom. The summed E-state index contributed by atoms with van der Waals surface area (Å²) < 4.78 is 20.3. The molecule has 0 aromatic heterocycles. The van der Waals surface area contributed by atoms with Gasteiger partial charge in [-0.2, -0.15) is 0 Å². The molecule has 29 heavy (non-hydrogen) atoms. The molecule has 1 atom stereocenters. The first-order valence-corrected chi connectivity index (χ1v) is 9.42. The van der Waals surface area contributed by atoms with Crippen LogP contribution in [0.3, 0.4) is 0 Å². The number of benzene rings is 2. The highest BCUT2D eigenvalue weighted by Gasteiger charge is 2.31. The predicted molar refractivity (Wildman–Crippen MR) is 111 cm³/mol. The first kappa shape index (κ1) is 21.1. The maximum Gasteiger partial charge on any atom is 0.267 e. The molecule has 0 spiro atoms. The van der Waals surface area contributed by atoms with E-state index in [2.05, 4.69) is 10.6 Å². The molecule has 2 aromatic rings. The molecule has 6 nitrogen and oxygen atoms in total. The summed E-state index contributed by atoms with van der Waals surface area (Å²) in [6.45, 7) is 3.24. The van der Waals surface area contributed by atoms with Crippen molar-refractivity contribution >= 4 is 35.6 Å². The fourth-order valence-corrected chi connectivity index (χ4v) is 3.65. The minimum atomic E-state index is -0.607. The van der Waals surface area contributed by atoms with Gasteiger partial charge in [-0.25, -0.2) is 4.39 Å². The summed E-state index contributed by atoms with van der Waals surface area (Å²) in [6.07, 6.45) is 0.0526. The summed E-state index contributed by atoms with van der Waals surface area (Å²) >= 11 is 0. The maximum absolute atomic E-state index is 14.7. The third-order valence-corrected chi connectivity index (χ3v) is 5.12. The maximum atomic E-state index is 14.7. The predicted octanol–water partition coefficient (Wildman–Crippen LogP) is 3.04. The van der Waals surface area contributed by atoms with Crippen LogP contribution in [0.5, 0.6) is 5.75 Å². The van der Waals surface area contributed by atoms with E-state index >= 15 is 0 Å². The van der Waals surface area contributed by atoms with Gasteiger partial charge in [-0.15, -0.1) is 12.4 Å². The molecule has 2 heterocycles. The van der Waals surface area contributed by atoms with Gasteiger partial charge in [-0.3, -0.25) is 9.59 Å². The van der Waals surface area contributed by atoms with E-state index in [4.69, 9.17) is 4.74 Å². The number of para-hydroxylation sites is 2. The van der Waals surface area contributed by atoms with E-state index in [9.17, 15) is 14.0 Å². The van der Waals surface area contributed by atoms with Crippen LogP contribution >= 0.6 is 12.4 Å². The summed E-state index contributed by atoms with van der Waals surface area (Å²) in [5.41, 5.74) is 2.41. The number of carbonyl (C=O) groups excluding carboxylic acids is 2. The summed E-state index contributed by atoms with van der Waals surface area (Å²) in [5, 5.41) is 5.85. The van der Waals surface area contributed by atoms with Gasteiger partial charge in [0.25, 0.3) is 5.91 Å². The molecule has 154 valence electrons. The van der Waals surface area contributed by atoms with Crippen molar-refractivity contribution in [1.29, 1.82) is 0 Å². The number of halogens is 2. The number of anilines is 2. The summed E-state index contributed by atoms with van der Waals surface area (Å²) in [7, 11) is 0. The second-order valence-corrected chi connectivity index (χ2v) is 7.01. The van der Waals surface area contributed by atoms with Gasteiger partial charge in [0.15, 0.2) is 6.10 Å². The lowest BCUT2D eigenvalue weighted by molar-refractivity contribution is -0.125. The van der Waals surface area contributed by atoms with Gasteiger partial charge >= 0.3 is 0 Å². The van der Waals surface area contributed by atoms with Gasteiger partial charge in [-0.05, 0) is 49.2 Å². The Hall–Kier alpha value is -2.64. The van der Waals surface area contributed by atoms with E-state index < -0.39 is 6.10 Å². The summed E-state index contributed by atoms with van der Waals surface area (Å²) in [6, 6.07) is 10.7. The molecule has 2 aliphatic rings. The number of fused-ring (bicyclic) bond motifs is 2. The van der Waals surface area contributed by atoms with Crippen molar-refractivity contribution in [2.45, 2.75) is 32.4 Å². The molecule has 8 heteroatoms. The highest BCUT2D eigenvalue weighted by atomic mass is 35.5. The molecule has 2 aliphatic heterocycles. The largest absolute Gasteiger partial charge is 0.479 e. The smallest absolute Gasteiger partial charge is 0.267 e. The van der Waals surface area contributed by atoms with E-state index in [1.54, 1.807) is 30.0 Å². The van der Waals surface area contributed by atoms with Crippen molar-refractivity contribution in [3.8, 4) is 5.75 Å².